The lowest BCUT2D eigenvalue weighted by Crippen LogP contribution is -2.49. The highest BCUT2D eigenvalue weighted by atomic mass is 32.1. The Balaban J connectivity index is 2.28. The van der Waals surface area contributed by atoms with Gasteiger partial charge in [0.1, 0.15) is 16.7 Å². The Morgan fingerprint density at radius 1 is 1.05 bits per heavy atom. The van der Waals surface area contributed by atoms with Crippen LogP contribution in [-0.2, 0) is 4.79 Å². The third-order valence-corrected chi connectivity index (χ3v) is 6.38. The molecule has 0 spiro atoms. The number of rotatable bonds is 10. The maximum Gasteiger partial charge on any atom is 0.273 e. The van der Waals surface area contributed by atoms with E-state index in [-0.39, 0.29) is 16.3 Å². The van der Waals surface area contributed by atoms with Gasteiger partial charge in [-0.05, 0) is 81.2 Å². The molecule has 11 nitrogen and oxygen atoms in total. The third kappa shape index (κ3) is 6.58. The fourth-order valence-electron chi connectivity index (χ4n) is 3.87. The predicted molar refractivity (Wildman–Crippen MR) is 150 cm³/mol. The number of primary amides is 1. The van der Waals surface area contributed by atoms with E-state index in [9.17, 15) is 14.4 Å². The van der Waals surface area contributed by atoms with Crippen LogP contribution >= 0.6 is 11.5 Å². The van der Waals surface area contributed by atoms with Crippen molar-refractivity contribution in [1.29, 1.82) is 0 Å². The molecule has 1 atom stereocenters. The summed E-state index contributed by atoms with van der Waals surface area (Å²) < 4.78 is 20.4. The number of carbonyl (C=O) groups excluding carboxylic acids is 3. The molecule has 3 rings (SSSR count). The van der Waals surface area contributed by atoms with Gasteiger partial charge in [0.15, 0.2) is 17.2 Å². The molecule has 0 aliphatic rings. The van der Waals surface area contributed by atoms with Gasteiger partial charge < -0.3 is 31.0 Å². The van der Waals surface area contributed by atoms with Crippen LogP contribution in [-0.4, -0.2) is 48.5 Å². The van der Waals surface area contributed by atoms with Crippen LogP contribution < -0.4 is 35.9 Å². The number of nitrogen functional groups attached to an aromatic ring is 1. The van der Waals surface area contributed by atoms with Crippen LogP contribution in [0.15, 0.2) is 42.5 Å². The van der Waals surface area contributed by atoms with Crippen molar-refractivity contribution < 1.29 is 28.6 Å². The smallest absolute Gasteiger partial charge is 0.273 e. The van der Waals surface area contributed by atoms with Crippen LogP contribution in [0.3, 0.4) is 0 Å². The molecule has 2 aromatic carbocycles. The van der Waals surface area contributed by atoms with Gasteiger partial charge >= 0.3 is 0 Å². The number of aromatic nitrogens is 1. The average molecular weight is 556 g/mol. The Morgan fingerprint density at radius 2 is 1.69 bits per heavy atom. The number of nitrogens with zero attached hydrogens (tertiary/aromatic N) is 2. The number of benzene rings is 2. The van der Waals surface area contributed by atoms with Gasteiger partial charge in [-0.1, -0.05) is 6.07 Å². The van der Waals surface area contributed by atoms with Crippen molar-refractivity contribution in [1.82, 2.24) is 9.69 Å². The van der Waals surface area contributed by atoms with Crippen molar-refractivity contribution in [2.45, 2.75) is 39.3 Å². The largest absolute Gasteiger partial charge is 0.494 e. The maximum atomic E-state index is 14.2. The van der Waals surface area contributed by atoms with E-state index in [0.717, 1.165) is 11.5 Å². The molecule has 1 aromatic heterocycles. The van der Waals surface area contributed by atoms with Crippen LogP contribution in [0.2, 0.25) is 0 Å². The second-order valence-corrected chi connectivity index (χ2v) is 10.3. The van der Waals surface area contributed by atoms with Crippen LogP contribution in [0.25, 0.3) is 0 Å². The van der Waals surface area contributed by atoms with E-state index in [2.05, 4.69) is 9.69 Å². The standard InChI is InChI=1S/C27H33N5O6S/c1-7-38-17-11-9-16(10-12-17)32(26(35)23-20(28)21(24(29)33)31-39-23)22(25(34)30-27(2,3)4)15-8-13-18(36-5)19(14-15)37-6/h8-14,22H,7,28H2,1-6H3,(H2,29,33)(H,30,34)/t22-/m1/s1. The molecular weight excluding hydrogens is 522 g/mol. The third-order valence-electron chi connectivity index (χ3n) is 5.53. The molecule has 39 heavy (non-hydrogen) atoms. The molecule has 0 fully saturated rings. The number of anilines is 2. The first kappa shape index (κ1) is 29.2. The second kappa shape index (κ2) is 12.0. The van der Waals surface area contributed by atoms with Crippen molar-refractivity contribution >= 4 is 40.6 Å². The molecule has 0 saturated heterocycles. The van der Waals surface area contributed by atoms with Gasteiger partial charge in [0.25, 0.3) is 11.8 Å². The van der Waals surface area contributed by atoms with E-state index in [1.807, 2.05) is 27.7 Å². The zero-order valence-corrected chi connectivity index (χ0v) is 23.5. The van der Waals surface area contributed by atoms with Crippen molar-refractivity contribution in [3.8, 4) is 17.2 Å². The first-order chi connectivity index (χ1) is 18.4. The van der Waals surface area contributed by atoms with Gasteiger partial charge in [0.05, 0.1) is 26.5 Å². The molecule has 5 N–H and O–H groups in total. The minimum Gasteiger partial charge on any atom is -0.494 e. The van der Waals surface area contributed by atoms with E-state index in [0.29, 0.717) is 35.1 Å². The molecule has 0 unspecified atom stereocenters. The summed E-state index contributed by atoms with van der Waals surface area (Å²) in [5.41, 5.74) is 11.3. The Morgan fingerprint density at radius 3 is 2.21 bits per heavy atom. The molecule has 208 valence electrons. The van der Waals surface area contributed by atoms with Crippen molar-refractivity contribution in [3.05, 3.63) is 58.6 Å². The van der Waals surface area contributed by atoms with Gasteiger partial charge in [0.2, 0.25) is 5.91 Å². The summed E-state index contributed by atoms with van der Waals surface area (Å²) in [6, 6.07) is 10.5. The van der Waals surface area contributed by atoms with Gasteiger partial charge in [-0.25, -0.2) is 0 Å². The molecule has 0 radical (unpaired) electrons. The summed E-state index contributed by atoms with van der Waals surface area (Å²) in [6.07, 6.45) is 0. The van der Waals surface area contributed by atoms with E-state index in [1.54, 1.807) is 42.5 Å². The molecule has 3 amide bonds. The number of methoxy groups -OCH3 is 2. The monoisotopic (exact) mass is 555 g/mol. The number of hydrogen-bond acceptors (Lipinski definition) is 9. The number of carbonyl (C=O) groups is 3. The first-order valence-corrected chi connectivity index (χ1v) is 12.8. The molecule has 12 heteroatoms. The molecule has 0 bridgehead atoms. The highest BCUT2D eigenvalue weighted by molar-refractivity contribution is 7.09. The summed E-state index contributed by atoms with van der Waals surface area (Å²) in [5.74, 6) is -0.564. The predicted octanol–water partition coefficient (Wildman–Crippen LogP) is 3.54. The minimum absolute atomic E-state index is 0.0354. The molecular formula is C27H33N5O6S. The number of nitrogens with one attached hydrogen (secondary N) is 1. The van der Waals surface area contributed by atoms with Crippen molar-refractivity contribution in [2.75, 3.05) is 31.5 Å². The summed E-state index contributed by atoms with van der Waals surface area (Å²) in [7, 11) is 2.98. The molecule has 3 aromatic rings. The Bertz CT molecular complexity index is 1350. The number of ether oxygens (including phenoxy) is 3. The summed E-state index contributed by atoms with van der Waals surface area (Å²) in [4.78, 5) is 41.2. The molecule has 0 aliphatic carbocycles. The van der Waals surface area contributed by atoms with E-state index in [1.165, 1.54) is 19.1 Å². The number of amides is 3. The number of hydrogen-bond donors (Lipinski definition) is 3. The lowest BCUT2D eigenvalue weighted by molar-refractivity contribution is -0.123. The van der Waals surface area contributed by atoms with E-state index in [4.69, 9.17) is 25.7 Å². The SMILES string of the molecule is CCOc1ccc(N(C(=O)c2snc(C(N)=O)c2N)[C@@H](C(=O)NC(C)(C)C)c2ccc(OC)c(OC)c2)cc1. The van der Waals surface area contributed by atoms with Crippen molar-refractivity contribution in [2.24, 2.45) is 5.73 Å². The number of nitrogens with two attached hydrogens (primary N) is 2. The summed E-state index contributed by atoms with van der Waals surface area (Å²) >= 11 is 0.730. The zero-order valence-electron chi connectivity index (χ0n) is 22.7. The highest BCUT2D eigenvalue weighted by Gasteiger charge is 2.37. The van der Waals surface area contributed by atoms with E-state index < -0.39 is 29.3 Å². The van der Waals surface area contributed by atoms with Gasteiger partial charge in [-0.2, -0.15) is 4.37 Å². The molecule has 1 heterocycles. The maximum absolute atomic E-state index is 14.2. The van der Waals surface area contributed by atoms with Gasteiger partial charge in [0, 0.05) is 11.2 Å². The van der Waals surface area contributed by atoms with Gasteiger partial charge in [-0.3, -0.25) is 19.3 Å². The zero-order chi connectivity index (χ0) is 28.9. The molecule has 0 aliphatic heterocycles. The minimum atomic E-state index is -1.19. The lowest BCUT2D eigenvalue weighted by atomic mass is 9.99. The van der Waals surface area contributed by atoms with Crippen molar-refractivity contribution in [3.63, 3.8) is 0 Å². The fourth-order valence-corrected chi connectivity index (χ4v) is 4.61. The van der Waals surface area contributed by atoms with Crippen LogP contribution in [0.1, 0.15) is 59.5 Å². The topological polar surface area (TPSA) is 159 Å². The summed E-state index contributed by atoms with van der Waals surface area (Å²) in [5, 5.41) is 2.96. The Labute approximate surface area is 231 Å². The molecule has 0 saturated carbocycles. The van der Waals surface area contributed by atoms with Crippen LogP contribution in [0.4, 0.5) is 11.4 Å². The van der Waals surface area contributed by atoms with E-state index >= 15 is 0 Å². The quantitative estimate of drug-likeness (QED) is 0.343. The Kier molecular flexibility index (Phi) is 9.02. The van der Waals surface area contributed by atoms with Gasteiger partial charge in [-0.15, -0.1) is 0 Å². The lowest BCUT2D eigenvalue weighted by Gasteiger charge is -2.34. The normalized spacial score (nSPS) is 11.8. The Hall–Kier alpha value is -4.32. The first-order valence-electron chi connectivity index (χ1n) is 12.1. The fraction of sp³-hybridized carbons (Fsp3) is 0.333. The summed E-state index contributed by atoms with van der Waals surface area (Å²) in [6.45, 7) is 7.81. The second-order valence-electron chi connectivity index (χ2n) is 9.50. The van der Waals surface area contributed by atoms with Crippen LogP contribution in [0.5, 0.6) is 17.2 Å². The average Bonchev–Trinajstić information content (AvgIpc) is 3.27. The van der Waals surface area contributed by atoms with Crippen LogP contribution in [0, 0.1) is 0 Å². The highest BCUT2D eigenvalue weighted by Crippen LogP contribution is 2.37.